The van der Waals surface area contributed by atoms with Crippen LogP contribution in [0.15, 0.2) is 59.8 Å². The summed E-state index contributed by atoms with van der Waals surface area (Å²) in [5.74, 6) is 0.581. The molecular weight excluding hydrogens is 632 g/mol. The first kappa shape index (κ1) is 36.3. The van der Waals surface area contributed by atoms with Gasteiger partial charge in [-0.05, 0) is 80.3 Å². The Labute approximate surface area is 286 Å². The summed E-state index contributed by atoms with van der Waals surface area (Å²) < 4.78 is 29.2. The van der Waals surface area contributed by atoms with Crippen molar-refractivity contribution in [1.29, 1.82) is 0 Å². The lowest BCUT2D eigenvalue weighted by atomic mass is 9.90. The molecule has 0 aromatic carbocycles. The van der Waals surface area contributed by atoms with Crippen LogP contribution in [0, 0.1) is 11.3 Å². The number of aromatic nitrogens is 3. The molecule has 0 radical (unpaired) electrons. The minimum atomic E-state index is -4.27. The number of allylic oxidation sites excluding steroid dienone is 1. The number of hydrogen-bond acceptors (Lipinski definition) is 8. The molecule has 47 heavy (non-hydrogen) atoms. The molecule has 0 aliphatic carbocycles. The molecule has 2 N–H and O–H groups in total. The largest absolute Gasteiger partial charge is 0.367 e. The van der Waals surface area contributed by atoms with Crippen LogP contribution in [0.5, 0.6) is 0 Å². The molecule has 0 spiro atoms. The van der Waals surface area contributed by atoms with Crippen molar-refractivity contribution in [2.75, 3.05) is 16.8 Å². The number of hydrogen-bond donors (Lipinski definition) is 2. The van der Waals surface area contributed by atoms with Crippen molar-refractivity contribution < 1.29 is 13.2 Å². The summed E-state index contributed by atoms with van der Waals surface area (Å²) >= 11 is 0. The standard InChI is InChI=1S/C36H48N6O3S.ClH/c1-34(2,3)19-18-24-12-14-26(37-22-24)20-27-15-13-25-21-36(7,8)42(23-25)32-28(16-17-29(39-32)35(4,5)6)33(43)41-46(44,45)31-11-9-10-30(38-27)40-31;/h9-12,14,16-19,22,25,27H,13,15,20-21,23H2,1-8H3,(H,38,40)(H,41,43);1H/b19-18+;/t25-,27?;/m0./s1. The lowest BCUT2D eigenvalue weighted by Gasteiger charge is -2.34. The van der Waals surface area contributed by atoms with E-state index < -0.39 is 15.9 Å². The Kier molecular flexibility index (Phi) is 10.5. The van der Waals surface area contributed by atoms with Gasteiger partial charge in [0.05, 0.1) is 5.56 Å². The average molecular weight is 681 g/mol. The number of sulfonamides is 1. The third-order valence-corrected chi connectivity index (χ3v) is 9.92. The van der Waals surface area contributed by atoms with Crippen LogP contribution in [0.1, 0.15) is 102 Å². The first-order chi connectivity index (χ1) is 21.4. The number of fused-ring (bicyclic) bond motifs is 6. The van der Waals surface area contributed by atoms with Crippen LogP contribution in [0.3, 0.4) is 0 Å². The van der Waals surface area contributed by atoms with Crippen LogP contribution in [0.4, 0.5) is 11.6 Å². The zero-order valence-corrected chi connectivity index (χ0v) is 30.4. The van der Waals surface area contributed by atoms with E-state index in [9.17, 15) is 13.2 Å². The third-order valence-electron chi connectivity index (χ3n) is 8.68. The SMILES string of the molecule is CC(C)(C)/C=C/c1ccc(CC2CC[C@@H]3CN(c4nc(C(C)(C)C)ccc4C(=O)NS(=O)(=O)c4cccc(n4)N2)C(C)(C)C3)nc1.Cl. The van der Waals surface area contributed by atoms with Gasteiger partial charge in [0.2, 0.25) is 0 Å². The van der Waals surface area contributed by atoms with Crippen LogP contribution in [0.25, 0.3) is 6.08 Å². The first-order valence-corrected chi connectivity index (χ1v) is 17.6. The number of carbonyl (C=O) groups is 1. The van der Waals surface area contributed by atoms with Gasteiger partial charge >= 0.3 is 0 Å². The molecule has 3 aromatic rings. The molecule has 5 heterocycles. The fourth-order valence-corrected chi connectivity index (χ4v) is 7.14. The van der Waals surface area contributed by atoms with Crippen LogP contribution < -0.4 is 14.9 Å². The maximum absolute atomic E-state index is 13.7. The highest BCUT2D eigenvalue weighted by atomic mass is 35.5. The summed E-state index contributed by atoms with van der Waals surface area (Å²) in [7, 11) is -4.27. The first-order valence-electron chi connectivity index (χ1n) is 16.1. The molecule has 11 heteroatoms. The molecule has 3 aromatic heterocycles. The highest BCUT2D eigenvalue weighted by Gasteiger charge is 2.41. The Bertz CT molecular complexity index is 1730. The quantitative estimate of drug-likeness (QED) is 0.299. The Morgan fingerprint density at radius 2 is 1.74 bits per heavy atom. The molecule has 2 aliphatic rings. The number of halogens is 1. The van der Waals surface area contributed by atoms with Gasteiger partial charge < -0.3 is 10.2 Å². The number of pyridine rings is 3. The van der Waals surface area contributed by atoms with E-state index >= 15 is 0 Å². The predicted octanol–water partition coefficient (Wildman–Crippen LogP) is 7.19. The van der Waals surface area contributed by atoms with E-state index in [-0.39, 0.29) is 45.4 Å². The van der Waals surface area contributed by atoms with Gasteiger partial charge in [-0.1, -0.05) is 65.8 Å². The van der Waals surface area contributed by atoms with Gasteiger partial charge in [-0.3, -0.25) is 9.78 Å². The van der Waals surface area contributed by atoms with E-state index in [0.29, 0.717) is 30.5 Å². The second kappa shape index (κ2) is 13.5. The van der Waals surface area contributed by atoms with Crippen molar-refractivity contribution in [2.45, 2.75) is 103 Å². The fraction of sp³-hybridized carbons (Fsp3) is 0.500. The van der Waals surface area contributed by atoms with Crippen LogP contribution in [-0.2, 0) is 21.9 Å². The monoisotopic (exact) mass is 680 g/mol. The molecule has 4 bridgehead atoms. The number of nitrogens with one attached hydrogen (secondary N) is 2. The number of anilines is 2. The predicted molar refractivity (Wildman–Crippen MR) is 192 cm³/mol. The molecule has 0 saturated carbocycles. The maximum atomic E-state index is 13.7. The zero-order valence-electron chi connectivity index (χ0n) is 28.8. The Morgan fingerprint density at radius 3 is 2.40 bits per heavy atom. The molecule has 1 saturated heterocycles. The van der Waals surface area contributed by atoms with E-state index in [2.05, 4.69) is 99.6 Å². The molecule has 1 unspecified atom stereocenters. The highest BCUT2D eigenvalue weighted by molar-refractivity contribution is 7.90. The van der Waals surface area contributed by atoms with Crippen molar-refractivity contribution in [2.24, 2.45) is 11.3 Å². The average Bonchev–Trinajstić information content (AvgIpc) is 3.27. The summed E-state index contributed by atoms with van der Waals surface area (Å²) in [5, 5.41) is 3.27. The summed E-state index contributed by atoms with van der Waals surface area (Å²) in [5.41, 5.74) is 2.61. The summed E-state index contributed by atoms with van der Waals surface area (Å²) in [6.07, 6.45) is 9.50. The van der Waals surface area contributed by atoms with Crippen molar-refractivity contribution in [1.82, 2.24) is 19.7 Å². The normalized spacial score (nSPS) is 21.1. The molecule has 254 valence electrons. The molecule has 1 fully saturated rings. The summed E-state index contributed by atoms with van der Waals surface area (Å²) in [6.45, 7) is 17.8. The van der Waals surface area contributed by atoms with Crippen molar-refractivity contribution in [3.05, 3.63) is 77.3 Å². The van der Waals surface area contributed by atoms with Crippen molar-refractivity contribution in [3.63, 3.8) is 0 Å². The van der Waals surface area contributed by atoms with Gasteiger partial charge in [-0.25, -0.2) is 14.7 Å². The topological polar surface area (TPSA) is 117 Å². The smallest absolute Gasteiger partial charge is 0.281 e. The van der Waals surface area contributed by atoms with E-state index in [4.69, 9.17) is 9.97 Å². The molecule has 9 nitrogen and oxygen atoms in total. The van der Waals surface area contributed by atoms with Gasteiger partial charge in [0, 0.05) is 47.5 Å². The van der Waals surface area contributed by atoms with Crippen LogP contribution >= 0.6 is 12.4 Å². The number of nitrogens with zero attached hydrogens (tertiary/aromatic N) is 4. The maximum Gasteiger partial charge on any atom is 0.281 e. The molecule has 2 aliphatic heterocycles. The van der Waals surface area contributed by atoms with Gasteiger partial charge in [0.1, 0.15) is 11.6 Å². The van der Waals surface area contributed by atoms with Crippen LogP contribution in [0.2, 0.25) is 0 Å². The van der Waals surface area contributed by atoms with Gasteiger partial charge in [0.25, 0.3) is 15.9 Å². The van der Waals surface area contributed by atoms with E-state index in [0.717, 1.165) is 36.2 Å². The summed E-state index contributed by atoms with van der Waals surface area (Å²) in [6, 6.07) is 12.4. The lowest BCUT2D eigenvalue weighted by Crippen LogP contribution is -2.41. The molecular formula is C36H49ClN6O3S. The Morgan fingerprint density at radius 1 is 1.00 bits per heavy atom. The minimum absolute atomic E-state index is 0. The van der Waals surface area contributed by atoms with E-state index in [1.165, 1.54) is 6.07 Å². The second-order valence-corrected chi connectivity index (χ2v) is 17.1. The van der Waals surface area contributed by atoms with Gasteiger partial charge in [0.15, 0.2) is 5.03 Å². The van der Waals surface area contributed by atoms with E-state index in [1.807, 2.05) is 12.3 Å². The Balaban J connectivity index is 0.00000500. The Hall–Kier alpha value is -3.50. The third kappa shape index (κ3) is 8.90. The number of amides is 1. The fourth-order valence-electron chi connectivity index (χ4n) is 6.20. The van der Waals surface area contributed by atoms with Gasteiger partial charge in [-0.15, -0.1) is 12.4 Å². The molecule has 5 rings (SSSR count). The highest BCUT2D eigenvalue weighted by Crippen LogP contribution is 2.40. The number of carbonyl (C=O) groups excluding carboxylic acids is 1. The number of rotatable bonds is 3. The summed E-state index contributed by atoms with van der Waals surface area (Å²) in [4.78, 5) is 30.0. The van der Waals surface area contributed by atoms with Gasteiger partial charge in [-0.2, -0.15) is 8.42 Å². The van der Waals surface area contributed by atoms with E-state index in [1.54, 1.807) is 18.2 Å². The second-order valence-electron chi connectivity index (χ2n) is 15.5. The minimum Gasteiger partial charge on any atom is -0.367 e. The van der Waals surface area contributed by atoms with Crippen LogP contribution in [-0.4, -0.2) is 47.4 Å². The molecule has 2 atom stereocenters. The lowest BCUT2D eigenvalue weighted by molar-refractivity contribution is 0.0981. The van der Waals surface area contributed by atoms with Crippen molar-refractivity contribution >= 4 is 46.0 Å². The zero-order chi connectivity index (χ0) is 33.5. The van der Waals surface area contributed by atoms with Crippen molar-refractivity contribution in [3.8, 4) is 0 Å². The molecule has 1 amide bonds.